The van der Waals surface area contributed by atoms with Crippen molar-refractivity contribution in [3.05, 3.63) is 29.8 Å². The zero-order valence-electron chi connectivity index (χ0n) is 12.4. The summed E-state index contributed by atoms with van der Waals surface area (Å²) in [5.41, 5.74) is 7.28. The Morgan fingerprint density at radius 2 is 1.89 bits per heavy atom. The van der Waals surface area contributed by atoms with E-state index in [1.165, 1.54) is 10.5 Å². The number of thioether (sulfide) groups is 1. The van der Waals surface area contributed by atoms with Gasteiger partial charge in [0.05, 0.1) is 6.61 Å². The Bertz CT molecular complexity index is 354. The number of nitrogens with two attached hydrogens (primary N) is 1. The quantitative estimate of drug-likeness (QED) is 0.744. The normalized spacial score (nSPS) is 13.2. The maximum absolute atomic E-state index is 6.00. The van der Waals surface area contributed by atoms with Crippen LogP contribution in [-0.2, 0) is 4.74 Å². The molecule has 1 unspecified atom stereocenters. The van der Waals surface area contributed by atoms with Crippen molar-refractivity contribution in [1.82, 2.24) is 4.90 Å². The first-order valence-electron chi connectivity index (χ1n) is 6.72. The molecule has 0 radical (unpaired) electrons. The molecule has 0 saturated carbocycles. The number of ether oxygens (including phenoxy) is 1. The van der Waals surface area contributed by atoms with Crippen molar-refractivity contribution in [2.75, 3.05) is 33.1 Å². The minimum Gasteiger partial charge on any atom is -0.383 e. The first-order chi connectivity index (χ1) is 9.13. The molecule has 1 aromatic carbocycles. The van der Waals surface area contributed by atoms with Crippen LogP contribution in [0.15, 0.2) is 29.2 Å². The lowest BCUT2D eigenvalue weighted by Gasteiger charge is -2.34. The molecule has 1 atom stereocenters. The second-order valence-electron chi connectivity index (χ2n) is 4.85. The van der Waals surface area contributed by atoms with Gasteiger partial charge in [0, 0.05) is 37.2 Å². The number of benzene rings is 1. The second-order valence-corrected chi connectivity index (χ2v) is 5.73. The van der Waals surface area contributed by atoms with Gasteiger partial charge in [-0.15, -0.1) is 11.8 Å². The van der Waals surface area contributed by atoms with Crippen LogP contribution >= 0.6 is 11.8 Å². The summed E-state index contributed by atoms with van der Waals surface area (Å²) >= 11 is 1.76. The van der Waals surface area contributed by atoms with E-state index in [9.17, 15) is 0 Å². The average Bonchev–Trinajstić information content (AvgIpc) is 2.43. The topological polar surface area (TPSA) is 38.5 Å². The van der Waals surface area contributed by atoms with Crippen LogP contribution in [0.2, 0.25) is 0 Å². The molecule has 108 valence electrons. The molecule has 0 fully saturated rings. The van der Waals surface area contributed by atoms with Crippen molar-refractivity contribution >= 4 is 11.8 Å². The lowest BCUT2D eigenvalue weighted by molar-refractivity contribution is 0.0979. The monoisotopic (exact) mass is 282 g/mol. The lowest BCUT2D eigenvalue weighted by atomic mass is 10.0. The van der Waals surface area contributed by atoms with Gasteiger partial charge in [-0.1, -0.05) is 12.1 Å². The molecule has 0 aliphatic carbocycles. The molecule has 19 heavy (non-hydrogen) atoms. The molecule has 1 rings (SSSR count). The smallest absolute Gasteiger partial charge is 0.0590 e. The van der Waals surface area contributed by atoms with Gasteiger partial charge in [-0.25, -0.2) is 0 Å². The van der Waals surface area contributed by atoms with Crippen molar-refractivity contribution in [3.8, 4) is 0 Å². The molecule has 0 heterocycles. The molecule has 4 heteroatoms. The van der Waals surface area contributed by atoms with Crippen LogP contribution in [0.3, 0.4) is 0 Å². The van der Waals surface area contributed by atoms with Crippen LogP contribution in [0.25, 0.3) is 0 Å². The van der Waals surface area contributed by atoms with Gasteiger partial charge in [-0.2, -0.15) is 0 Å². The molecule has 2 N–H and O–H groups in total. The van der Waals surface area contributed by atoms with Gasteiger partial charge in [0.1, 0.15) is 0 Å². The Hall–Kier alpha value is -0.550. The minimum absolute atomic E-state index is 0.256. The summed E-state index contributed by atoms with van der Waals surface area (Å²) in [5, 5.41) is 0. The van der Waals surface area contributed by atoms with E-state index in [1.807, 2.05) is 0 Å². The predicted octanol–water partition coefficient (Wildman–Crippen LogP) is 2.77. The molecule has 0 spiro atoms. The maximum atomic E-state index is 6.00. The van der Waals surface area contributed by atoms with E-state index in [0.29, 0.717) is 12.6 Å². The third-order valence-corrected chi connectivity index (χ3v) is 4.08. The van der Waals surface area contributed by atoms with Crippen LogP contribution in [0.4, 0.5) is 0 Å². The standard InChI is InChI=1S/C15H26N2OS/c1-12(2)17(9-10-18-3)15(11-16)13-5-7-14(19-4)8-6-13/h5-8,12,15H,9-11,16H2,1-4H3. The summed E-state index contributed by atoms with van der Waals surface area (Å²) < 4.78 is 5.20. The van der Waals surface area contributed by atoms with Gasteiger partial charge in [-0.05, 0) is 37.8 Å². The summed E-state index contributed by atoms with van der Waals surface area (Å²) in [7, 11) is 1.74. The van der Waals surface area contributed by atoms with E-state index >= 15 is 0 Å². The largest absolute Gasteiger partial charge is 0.383 e. The van der Waals surface area contributed by atoms with Crippen LogP contribution in [0, 0.1) is 0 Å². The van der Waals surface area contributed by atoms with Crippen LogP contribution in [0.5, 0.6) is 0 Å². The van der Waals surface area contributed by atoms with Crippen LogP contribution in [-0.4, -0.2) is 44.0 Å². The Labute approximate surface area is 121 Å². The molecule has 0 bridgehead atoms. The molecule has 0 aliphatic heterocycles. The van der Waals surface area contributed by atoms with E-state index in [1.54, 1.807) is 18.9 Å². The van der Waals surface area contributed by atoms with Gasteiger partial charge in [-0.3, -0.25) is 4.90 Å². The molecule has 0 saturated heterocycles. The van der Waals surface area contributed by atoms with Gasteiger partial charge in [0.25, 0.3) is 0 Å². The van der Waals surface area contributed by atoms with Crippen molar-refractivity contribution in [2.45, 2.75) is 30.8 Å². The molecular weight excluding hydrogens is 256 g/mol. The summed E-state index contributed by atoms with van der Waals surface area (Å²) in [5.74, 6) is 0. The number of hydrogen-bond donors (Lipinski definition) is 1. The molecule has 0 amide bonds. The van der Waals surface area contributed by atoms with Crippen molar-refractivity contribution in [2.24, 2.45) is 5.73 Å². The zero-order valence-corrected chi connectivity index (χ0v) is 13.2. The highest BCUT2D eigenvalue weighted by Gasteiger charge is 2.21. The highest BCUT2D eigenvalue weighted by molar-refractivity contribution is 7.98. The maximum Gasteiger partial charge on any atom is 0.0590 e. The zero-order chi connectivity index (χ0) is 14.3. The first-order valence-corrected chi connectivity index (χ1v) is 7.95. The number of nitrogens with zero attached hydrogens (tertiary/aromatic N) is 1. The fraction of sp³-hybridized carbons (Fsp3) is 0.600. The Morgan fingerprint density at radius 1 is 1.26 bits per heavy atom. The van der Waals surface area contributed by atoms with Gasteiger partial charge in [0.15, 0.2) is 0 Å². The third-order valence-electron chi connectivity index (χ3n) is 3.34. The fourth-order valence-electron chi connectivity index (χ4n) is 2.26. The van der Waals surface area contributed by atoms with Crippen molar-refractivity contribution in [1.29, 1.82) is 0 Å². The molecule has 0 aliphatic rings. The fourth-order valence-corrected chi connectivity index (χ4v) is 2.67. The second kappa shape index (κ2) is 8.59. The summed E-state index contributed by atoms with van der Waals surface area (Å²) in [6.45, 7) is 6.67. The third kappa shape index (κ3) is 4.80. The van der Waals surface area contributed by atoms with E-state index < -0.39 is 0 Å². The number of rotatable bonds is 8. The van der Waals surface area contributed by atoms with Gasteiger partial charge in [0.2, 0.25) is 0 Å². The van der Waals surface area contributed by atoms with Gasteiger partial charge < -0.3 is 10.5 Å². The molecule has 1 aromatic rings. The van der Waals surface area contributed by atoms with Crippen LogP contribution in [0.1, 0.15) is 25.5 Å². The predicted molar refractivity (Wildman–Crippen MR) is 83.7 cm³/mol. The summed E-state index contributed by atoms with van der Waals surface area (Å²) in [4.78, 5) is 3.69. The Morgan fingerprint density at radius 3 is 2.32 bits per heavy atom. The highest BCUT2D eigenvalue weighted by atomic mass is 32.2. The van der Waals surface area contributed by atoms with E-state index in [0.717, 1.165) is 13.2 Å². The first kappa shape index (κ1) is 16.5. The highest BCUT2D eigenvalue weighted by Crippen LogP contribution is 2.24. The lowest BCUT2D eigenvalue weighted by Crippen LogP contribution is -2.40. The average molecular weight is 282 g/mol. The van der Waals surface area contributed by atoms with E-state index in [-0.39, 0.29) is 6.04 Å². The Kier molecular flexibility index (Phi) is 7.46. The number of methoxy groups -OCH3 is 1. The summed E-state index contributed by atoms with van der Waals surface area (Å²) in [6.07, 6.45) is 2.09. The SMILES string of the molecule is COCCN(C(C)C)C(CN)c1ccc(SC)cc1. The van der Waals surface area contributed by atoms with E-state index in [2.05, 4.69) is 49.3 Å². The minimum atomic E-state index is 0.256. The molecule has 0 aromatic heterocycles. The molecule has 3 nitrogen and oxygen atoms in total. The summed E-state index contributed by atoms with van der Waals surface area (Å²) in [6, 6.07) is 9.40. The van der Waals surface area contributed by atoms with Gasteiger partial charge >= 0.3 is 0 Å². The Balaban J connectivity index is 2.87. The van der Waals surface area contributed by atoms with Crippen molar-refractivity contribution < 1.29 is 4.74 Å². The number of hydrogen-bond acceptors (Lipinski definition) is 4. The molecular formula is C15H26N2OS. The van der Waals surface area contributed by atoms with Crippen LogP contribution < -0.4 is 5.73 Å². The van der Waals surface area contributed by atoms with Crippen molar-refractivity contribution in [3.63, 3.8) is 0 Å². The van der Waals surface area contributed by atoms with E-state index in [4.69, 9.17) is 10.5 Å².